The second-order valence-electron chi connectivity index (χ2n) is 11.6. The number of aryl methyl sites for hydroxylation is 1. The minimum Gasteiger partial charge on any atom is -0.493 e. The lowest BCUT2D eigenvalue weighted by molar-refractivity contribution is 0.0402. The molecule has 9 nitrogen and oxygen atoms in total. The molecule has 0 radical (unpaired) electrons. The number of ether oxygens (including phenoxy) is 2. The fourth-order valence-corrected chi connectivity index (χ4v) is 6.60. The number of oxazole rings is 1. The van der Waals surface area contributed by atoms with Crippen molar-refractivity contribution in [3.8, 4) is 17.0 Å². The van der Waals surface area contributed by atoms with Crippen LogP contribution in [0.1, 0.15) is 54.9 Å². The summed E-state index contributed by atoms with van der Waals surface area (Å²) < 4.78 is 33.8. The number of amides is 1. The van der Waals surface area contributed by atoms with Crippen molar-refractivity contribution in [2.75, 3.05) is 33.4 Å². The molecule has 1 amide bonds. The number of hydrogen-bond donors (Lipinski definition) is 1. The number of nitrogens with one attached hydrogen (secondary N) is 1. The molecule has 6 rings (SSSR count). The Hall–Kier alpha value is -3.76. The molecule has 4 aromatic rings. The van der Waals surface area contributed by atoms with Crippen LogP contribution in [0, 0.1) is 18.7 Å². The predicted octanol–water partition coefficient (Wildman–Crippen LogP) is 5.62. The lowest BCUT2D eigenvalue weighted by atomic mass is 9.96. The zero-order valence-corrected chi connectivity index (χ0v) is 24.9. The van der Waals surface area contributed by atoms with E-state index in [-0.39, 0.29) is 23.6 Å². The molecule has 43 heavy (non-hydrogen) atoms. The molecule has 2 aromatic carbocycles. The van der Waals surface area contributed by atoms with Gasteiger partial charge in [-0.15, -0.1) is 0 Å². The minimum atomic E-state index is -0.506. The van der Waals surface area contributed by atoms with Crippen molar-refractivity contribution in [1.29, 1.82) is 0 Å². The molecular formula is C33H40FN5O4. The summed E-state index contributed by atoms with van der Waals surface area (Å²) in [6.07, 6.45) is 8.37. The Kier molecular flexibility index (Phi) is 9.04. The second-order valence-corrected chi connectivity index (χ2v) is 11.6. The van der Waals surface area contributed by atoms with Gasteiger partial charge in [-0.2, -0.15) is 0 Å². The van der Waals surface area contributed by atoms with E-state index in [1.165, 1.54) is 25.3 Å². The van der Waals surface area contributed by atoms with E-state index in [4.69, 9.17) is 18.9 Å². The maximum absolute atomic E-state index is 14.5. The molecule has 0 spiro atoms. The van der Waals surface area contributed by atoms with E-state index in [0.717, 1.165) is 30.6 Å². The Balaban J connectivity index is 1.21. The normalized spacial score (nSPS) is 21.2. The highest BCUT2D eigenvalue weighted by Gasteiger charge is 2.32. The van der Waals surface area contributed by atoms with Crippen LogP contribution in [-0.2, 0) is 11.3 Å². The summed E-state index contributed by atoms with van der Waals surface area (Å²) >= 11 is 0. The van der Waals surface area contributed by atoms with E-state index >= 15 is 0 Å². The average Bonchev–Trinajstić information content (AvgIpc) is 3.54. The number of nitrogens with zero attached hydrogens (tertiary/aromatic N) is 4. The van der Waals surface area contributed by atoms with E-state index < -0.39 is 5.82 Å². The molecule has 10 heteroatoms. The summed E-state index contributed by atoms with van der Waals surface area (Å²) in [7, 11) is 1.81. The molecule has 0 bridgehead atoms. The first-order valence-electron chi connectivity index (χ1n) is 15.4. The highest BCUT2D eigenvalue weighted by atomic mass is 19.1. The predicted molar refractivity (Wildman–Crippen MR) is 162 cm³/mol. The van der Waals surface area contributed by atoms with E-state index in [2.05, 4.69) is 14.9 Å². The maximum atomic E-state index is 14.5. The molecular weight excluding hydrogens is 549 g/mol. The first-order chi connectivity index (χ1) is 21.0. The summed E-state index contributed by atoms with van der Waals surface area (Å²) in [5.74, 6) is 0.561. The number of rotatable bonds is 9. The summed E-state index contributed by atoms with van der Waals surface area (Å²) in [6.45, 7) is 4.67. The molecule has 228 valence electrons. The van der Waals surface area contributed by atoms with E-state index in [1.54, 1.807) is 13.0 Å². The van der Waals surface area contributed by atoms with Crippen molar-refractivity contribution in [2.45, 2.75) is 64.1 Å². The third-order valence-corrected chi connectivity index (χ3v) is 8.77. The molecule has 2 aliphatic rings. The zero-order valence-electron chi connectivity index (χ0n) is 24.9. The first kappa shape index (κ1) is 29.3. The van der Waals surface area contributed by atoms with Crippen molar-refractivity contribution in [1.82, 2.24) is 24.8 Å². The fraction of sp³-hybridized carbons (Fsp3) is 0.485. The number of halogens is 1. The van der Waals surface area contributed by atoms with Crippen molar-refractivity contribution in [2.24, 2.45) is 5.92 Å². The summed E-state index contributed by atoms with van der Waals surface area (Å²) in [6, 6.07) is 13.0. The third-order valence-electron chi connectivity index (χ3n) is 8.77. The Morgan fingerprint density at radius 3 is 2.84 bits per heavy atom. The van der Waals surface area contributed by atoms with Crippen LogP contribution in [0.4, 0.5) is 4.39 Å². The van der Waals surface area contributed by atoms with Crippen LogP contribution in [0.5, 0.6) is 5.75 Å². The van der Waals surface area contributed by atoms with Gasteiger partial charge in [0.25, 0.3) is 5.91 Å². The standard InChI is InChI=1S/C33H40FN5O4/c1-22-37-28-18-26(17-27(34)32(28)43-22)42-16-13-25-19-35-14-15-39(25)33(40)30-31(23-9-5-3-6-10-23)38(21-36-30)20-24-11-7-4-8-12-29(24)41-2/h3,5-6,9-10,17-18,21,24-25,29,35H,4,7-8,11-16,19-20H2,1-2H3/t24-,25+,29+/m0/s1. The van der Waals surface area contributed by atoms with E-state index in [0.29, 0.717) is 61.4 Å². The second kappa shape index (κ2) is 13.3. The molecule has 1 N–H and O–H groups in total. The van der Waals surface area contributed by atoms with Gasteiger partial charge in [-0.1, -0.05) is 49.6 Å². The number of aromatic nitrogens is 3. The van der Waals surface area contributed by atoms with Crippen LogP contribution in [0.3, 0.4) is 0 Å². The van der Waals surface area contributed by atoms with Crippen molar-refractivity contribution < 1.29 is 23.1 Å². The number of carbonyl (C=O) groups excluding carboxylic acids is 1. The van der Waals surface area contributed by atoms with Crippen molar-refractivity contribution in [3.05, 3.63) is 66.2 Å². The first-order valence-corrected chi connectivity index (χ1v) is 15.4. The fourth-order valence-electron chi connectivity index (χ4n) is 6.60. The van der Waals surface area contributed by atoms with Gasteiger partial charge in [-0.25, -0.2) is 14.4 Å². The molecule has 1 saturated carbocycles. The molecule has 1 saturated heterocycles. The zero-order chi connectivity index (χ0) is 29.8. The van der Waals surface area contributed by atoms with Crippen molar-refractivity contribution >= 4 is 17.0 Å². The maximum Gasteiger partial charge on any atom is 0.275 e. The largest absolute Gasteiger partial charge is 0.493 e. The number of methoxy groups -OCH3 is 1. The Labute approximate surface area is 251 Å². The number of hydrogen-bond acceptors (Lipinski definition) is 7. The van der Waals surface area contributed by atoms with Crippen molar-refractivity contribution in [3.63, 3.8) is 0 Å². The number of piperazine rings is 1. The number of fused-ring (bicyclic) bond motifs is 1. The smallest absolute Gasteiger partial charge is 0.275 e. The SMILES string of the molecule is CO[C@@H]1CCCCC[C@H]1Cn1cnc(C(=O)N2CCNC[C@H]2CCOc2cc(F)c3oc(C)nc3c2)c1-c1ccccc1. The Morgan fingerprint density at radius 2 is 2.00 bits per heavy atom. The quantitative estimate of drug-likeness (QED) is 0.253. The summed E-state index contributed by atoms with van der Waals surface area (Å²) in [5.41, 5.74) is 2.85. The molecule has 3 heterocycles. The molecule has 0 unspecified atom stereocenters. The number of imidazole rings is 1. The van der Waals surface area contributed by atoms with Crippen LogP contribution in [-0.4, -0.2) is 70.8 Å². The molecule has 3 atom stereocenters. The monoisotopic (exact) mass is 589 g/mol. The Morgan fingerprint density at radius 1 is 1.16 bits per heavy atom. The van der Waals surface area contributed by atoms with Gasteiger partial charge in [0, 0.05) is 76.3 Å². The highest BCUT2D eigenvalue weighted by Crippen LogP contribution is 2.31. The van der Waals surface area contributed by atoms with Gasteiger partial charge < -0.3 is 28.7 Å². The summed E-state index contributed by atoms with van der Waals surface area (Å²) in [5, 5.41) is 3.41. The molecule has 1 aliphatic carbocycles. The number of carbonyl (C=O) groups is 1. The van der Waals surface area contributed by atoms with Gasteiger partial charge in [0.15, 0.2) is 23.0 Å². The van der Waals surface area contributed by atoms with Gasteiger partial charge in [0.1, 0.15) is 11.3 Å². The lowest BCUT2D eigenvalue weighted by Crippen LogP contribution is -2.54. The average molecular weight is 590 g/mol. The lowest BCUT2D eigenvalue weighted by Gasteiger charge is -2.36. The minimum absolute atomic E-state index is 0.0844. The third kappa shape index (κ3) is 6.45. The van der Waals surface area contributed by atoms with Crippen LogP contribution in [0.25, 0.3) is 22.4 Å². The molecule has 2 fully saturated rings. The van der Waals surface area contributed by atoms with Crippen LogP contribution >= 0.6 is 0 Å². The van der Waals surface area contributed by atoms with Gasteiger partial charge in [0.05, 0.1) is 24.7 Å². The van der Waals surface area contributed by atoms with Crippen LogP contribution < -0.4 is 10.1 Å². The van der Waals surface area contributed by atoms with Gasteiger partial charge in [-0.05, 0) is 12.8 Å². The molecule has 1 aliphatic heterocycles. The van der Waals surface area contributed by atoms with Gasteiger partial charge in [-0.3, -0.25) is 4.79 Å². The number of benzene rings is 2. The molecule has 2 aromatic heterocycles. The van der Waals surface area contributed by atoms with Crippen LogP contribution in [0.15, 0.2) is 53.2 Å². The highest BCUT2D eigenvalue weighted by molar-refractivity contribution is 5.98. The Bertz CT molecular complexity index is 1540. The summed E-state index contributed by atoms with van der Waals surface area (Å²) in [4.78, 5) is 25.1. The van der Waals surface area contributed by atoms with Gasteiger partial charge in [0.2, 0.25) is 0 Å². The van der Waals surface area contributed by atoms with Gasteiger partial charge >= 0.3 is 0 Å². The topological polar surface area (TPSA) is 94.7 Å². The van der Waals surface area contributed by atoms with E-state index in [1.807, 2.05) is 48.7 Å². The van der Waals surface area contributed by atoms with E-state index in [9.17, 15) is 9.18 Å². The van der Waals surface area contributed by atoms with Crippen LogP contribution in [0.2, 0.25) is 0 Å².